The van der Waals surface area contributed by atoms with Crippen LogP contribution in [0, 0.1) is 0 Å². The van der Waals surface area contributed by atoms with Gasteiger partial charge in [-0.15, -0.1) is 0 Å². The molecule has 2 aromatic rings. The fraction of sp³-hybridized carbons (Fsp3) is 0.250. The third-order valence-corrected chi connectivity index (χ3v) is 2.17. The van der Waals surface area contributed by atoms with Crippen LogP contribution in [0.25, 0.3) is 11.2 Å². The second-order valence-corrected chi connectivity index (χ2v) is 3.52. The summed E-state index contributed by atoms with van der Waals surface area (Å²) in [6.07, 6.45) is 3.91. The Morgan fingerprint density at radius 1 is 1.29 bits per heavy atom. The standard InChI is InChI=1S/C8H8BrN5/c9-2-1-5-3-11-8-6(14-5)7(10)12-4-13-8/h3-4H,1-2H2,(H2,10,11,12,13). The zero-order valence-corrected chi connectivity index (χ0v) is 8.90. The molecule has 2 N–H and O–H groups in total. The van der Waals surface area contributed by atoms with Crippen LogP contribution in [0.3, 0.4) is 0 Å². The molecule has 0 amide bonds. The van der Waals surface area contributed by atoms with E-state index in [1.165, 1.54) is 6.33 Å². The summed E-state index contributed by atoms with van der Waals surface area (Å²) in [7, 11) is 0. The van der Waals surface area contributed by atoms with Gasteiger partial charge in [-0.2, -0.15) is 0 Å². The number of hydrogen-bond acceptors (Lipinski definition) is 5. The summed E-state index contributed by atoms with van der Waals surface area (Å²) in [4.78, 5) is 16.3. The summed E-state index contributed by atoms with van der Waals surface area (Å²) in [6.45, 7) is 0. The van der Waals surface area contributed by atoms with Gasteiger partial charge in [0.25, 0.3) is 0 Å². The average molecular weight is 254 g/mol. The van der Waals surface area contributed by atoms with E-state index in [0.29, 0.717) is 17.0 Å². The van der Waals surface area contributed by atoms with Crippen molar-refractivity contribution in [2.24, 2.45) is 0 Å². The highest BCUT2D eigenvalue weighted by molar-refractivity contribution is 9.09. The number of nitrogens with two attached hydrogens (primary N) is 1. The number of aryl methyl sites for hydroxylation is 1. The molecule has 0 saturated carbocycles. The van der Waals surface area contributed by atoms with Gasteiger partial charge in [-0.1, -0.05) is 15.9 Å². The first-order valence-electron chi connectivity index (χ1n) is 4.09. The number of nitrogen functional groups attached to an aromatic ring is 1. The maximum atomic E-state index is 5.66. The minimum atomic E-state index is 0.374. The van der Waals surface area contributed by atoms with Gasteiger partial charge in [0.1, 0.15) is 6.33 Å². The lowest BCUT2D eigenvalue weighted by Crippen LogP contribution is -2.00. The second-order valence-electron chi connectivity index (χ2n) is 2.73. The van der Waals surface area contributed by atoms with E-state index in [2.05, 4.69) is 35.9 Å². The molecule has 2 heterocycles. The highest BCUT2D eigenvalue weighted by atomic mass is 79.9. The number of hydrogen-bond donors (Lipinski definition) is 1. The maximum absolute atomic E-state index is 5.66. The van der Waals surface area contributed by atoms with E-state index in [1.54, 1.807) is 6.20 Å². The van der Waals surface area contributed by atoms with E-state index in [4.69, 9.17) is 5.73 Å². The number of nitrogens with zero attached hydrogens (tertiary/aromatic N) is 4. The zero-order chi connectivity index (χ0) is 9.97. The third kappa shape index (κ3) is 1.65. The van der Waals surface area contributed by atoms with E-state index in [1.807, 2.05) is 0 Å². The van der Waals surface area contributed by atoms with Crippen molar-refractivity contribution < 1.29 is 0 Å². The van der Waals surface area contributed by atoms with Gasteiger partial charge in [0, 0.05) is 11.8 Å². The van der Waals surface area contributed by atoms with Crippen LogP contribution < -0.4 is 5.73 Å². The molecule has 0 bridgehead atoms. The van der Waals surface area contributed by atoms with E-state index >= 15 is 0 Å². The Bertz CT molecular complexity index is 458. The first-order chi connectivity index (χ1) is 6.81. The molecule has 0 saturated heterocycles. The Morgan fingerprint density at radius 3 is 2.93 bits per heavy atom. The lowest BCUT2D eigenvalue weighted by Gasteiger charge is -2.00. The third-order valence-electron chi connectivity index (χ3n) is 1.77. The molecule has 0 fully saturated rings. The Hall–Kier alpha value is -1.30. The van der Waals surface area contributed by atoms with Gasteiger partial charge >= 0.3 is 0 Å². The molecule has 0 unspecified atom stereocenters. The number of rotatable bonds is 2. The molecular weight excluding hydrogens is 246 g/mol. The summed E-state index contributed by atoms with van der Waals surface area (Å²) < 4.78 is 0. The Kier molecular flexibility index (Phi) is 2.53. The largest absolute Gasteiger partial charge is 0.382 e. The molecule has 0 aliphatic carbocycles. The van der Waals surface area contributed by atoms with Gasteiger partial charge in [-0.3, -0.25) is 0 Å². The minimum Gasteiger partial charge on any atom is -0.382 e. The van der Waals surface area contributed by atoms with Gasteiger partial charge in [-0.05, 0) is 0 Å². The van der Waals surface area contributed by atoms with Crippen LogP contribution in [-0.4, -0.2) is 25.3 Å². The van der Waals surface area contributed by atoms with Crippen molar-refractivity contribution in [2.75, 3.05) is 11.1 Å². The van der Waals surface area contributed by atoms with Crippen LogP contribution >= 0.6 is 15.9 Å². The van der Waals surface area contributed by atoms with Crippen LogP contribution in [0.4, 0.5) is 5.82 Å². The molecule has 0 atom stereocenters. The summed E-state index contributed by atoms with van der Waals surface area (Å²) in [6, 6.07) is 0. The van der Waals surface area contributed by atoms with E-state index in [-0.39, 0.29) is 0 Å². The molecule has 5 nitrogen and oxygen atoms in total. The second kappa shape index (κ2) is 3.83. The lowest BCUT2D eigenvalue weighted by atomic mass is 10.3. The van der Waals surface area contributed by atoms with Crippen LogP contribution in [0.15, 0.2) is 12.5 Å². The minimum absolute atomic E-state index is 0.374. The smallest absolute Gasteiger partial charge is 0.183 e. The fourth-order valence-corrected chi connectivity index (χ4v) is 1.52. The summed E-state index contributed by atoms with van der Waals surface area (Å²) in [5.41, 5.74) is 7.65. The molecule has 0 radical (unpaired) electrons. The molecule has 72 valence electrons. The van der Waals surface area contributed by atoms with Crippen LogP contribution in [0.5, 0.6) is 0 Å². The molecule has 6 heteroatoms. The number of aromatic nitrogens is 4. The quantitative estimate of drug-likeness (QED) is 0.807. The normalized spacial score (nSPS) is 10.6. The summed E-state index contributed by atoms with van der Waals surface area (Å²) in [5, 5.41) is 0.848. The first kappa shape index (κ1) is 9.26. The predicted octanol–water partition coefficient (Wildman–Crippen LogP) is 0.939. The zero-order valence-electron chi connectivity index (χ0n) is 7.31. The maximum Gasteiger partial charge on any atom is 0.183 e. The molecule has 0 spiro atoms. The number of anilines is 1. The Balaban J connectivity index is 2.58. The topological polar surface area (TPSA) is 77.6 Å². The van der Waals surface area contributed by atoms with Crippen molar-refractivity contribution in [1.82, 2.24) is 19.9 Å². The number of alkyl halides is 1. The first-order valence-corrected chi connectivity index (χ1v) is 5.21. The van der Waals surface area contributed by atoms with Gasteiger partial charge < -0.3 is 5.73 Å². The van der Waals surface area contributed by atoms with Crippen LogP contribution in [-0.2, 0) is 6.42 Å². The Morgan fingerprint density at radius 2 is 2.14 bits per heavy atom. The molecular formula is C8H8BrN5. The fourth-order valence-electron chi connectivity index (χ4n) is 1.11. The van der Waals surface area contributed by atoms with Crippen molar-refractivity contribution in [3.8, 4) is 0 Å². The van der Waals surface area contributed by atoms with E-state index in [0.717, 1.165) is 17.4 Å². The van der Waals surface area contributed by atoms with E-state index < -0.39 is 0 Å². The lowest BCUT2D eigenvalue weighted by molar-refractivity contribution is 1.03. The molecule has 0 aromatic carbocycles. The Labute approximate surface area is 88.9 Å². The molecule has 2 aromatic heterocycles. The number of fused-ring (bicyclic) bond motifs is 1. The highest BCUT2D eigenvalue weighted by Gasteiger charge is 2.04. The SMILES string of the molecule is Nc1ncnc2ncc(CCBr)nc12. The van der Waals surface area contributed by atoms with Crippen LogP contribution in [0.2, 0.25) is 0 Å². The van der Waals surface area contributed by atoms with E-state index in [9.17, 15) is 0 Å². The van der Waals surface area contributed by atoms with Gasteiger partial charge in [-0.25, -0.2) is 19.9 Å². The summed E-state index contributed by atoms with van der Waals surface area (Å²) in [5.74, 6) is 0.374. The molecule has 14 heavy (non-hydrogen) atoms. The molecule has 0 aliphatic heterocycles. The van der Waals surface area contributed by atoms with Gasteiger partial charge in [0.15, 0.2) is 17.0 Å². The predicted molar refractivity (Wildman–Crippen MR) is 57.0 cm³/mol. The number of halogens is 1. The highest BCUT2D eigenvalue weighted by Crippen LogP contribution is 2.11. The molecule has 2 rings (SSSR count). The van der Waals surface area contributed by atoms with Crippen molar-refractivity contribution in [2.45, 2.75) is 6.42 Å². The van der Waals surface area contributed by atoms with Crippen molar-refractivity contribution in [1.29, 1.82) is 0 Å². The van der Waals surface area contributed by atoms with Crippen molar-refractivity contribution >= 4 is 32.9 Å². The van der Waals surface area contributed by atoms with Crippen molar-refractivity contribution in [3.05, 3.63) is 18.2 Å². The average Bonchev–Trinajstić information content (AvgIpc) is 2.20. The van der Waals surface area contributed by atoms with Crippen LogP contribution in [0.1, 0.15) is 5.69 Å². The summed E-state index contributed by atoms with van der Waals surface area (Å²) >= 11 is 3.34. The van der Waals surface area contributed by atoms with Gasteiger partial charge in [0.05, 0.1) is 11.9 Å². The molecule has 0 aliphatic rings. The van der Waals surface area contributed by atoms with Gasteiger partial charge in [0.2, 0.25) is 0 Å². The van der Waals surface area contributed by atoms with Crippen molar-refractivity contribution in [3.63, 3.8) is 0 Å². The monoisotopic (exact) mass is 253 g/mol.